The standard InChI is InChI=1S/C18H21N9O4/c1-29-13-4-2-12(3-5-13)10-20-22-18(28)15-14(11-26-6-8-30-9-7-26)21-25-27(15)17-16(19)23-31-24-17/h2-5,10H,6-9,11H2,1H3,(H2,19,23)(H,22,28)/b20-10+. The molecule has 3 heterocycles. The minimum absolute atomic E-state index is 0.0152. The number of nitrogens with two attached hydrogens (primary N) is 1. The highest BCUT2D eigenvalue weighted by Gasteiger charge is 2.26. The number of carbonyl (C=O) groups is 1. The van der Waals surface area contributed by atoms with Crippen molar-refractivity contribution in [1.29, 1.82) is 0 Å². The first-order chi connectivity index (χ1) is 15.2. The molecule has 0 bridgehead atoms. The van der Waals surface area contributed by atoms with E-state index in [4.69, 9.17) is 15.2 Å². The Hall–Kier alpha value is -3.84. The number of morpholine rings is 1. The smallest absolute Gasteiger partial charge is 0.292 e. The lowest BCUT2D eigenvalue weighted by Crippen LogP contribution is -2.36. The molecule has 13 heteroatoms. The molecule has 0 atom stereocenters. The van der Waals surface area contributed by atoms with Crippen molar-refractivity contribution >= 4 is 17.9 Å². The fourth-order valence-electron chi connectivity index (χ4n) is 3.01. The zero-order valence-electron chi connectivity index (χ0n) is 16.8. The van der Waals surface area contributed by atoms with Crippen LogP contribution in [0.4, 0.5) is 5.82 Å². The average Bonchev–Trinajstić information content (AvgIpc) is 3.40. The lowest BCUT2D eigenvalue weighted by Gasteiger charge is -2.25. The zero-order chi connectivity index (χ0) is 21.6. The number of ether oxygens (including phenoxy) is 2. The predicted molar refractivity (Wildman–Crippen MR) is 108 cm³/mol. The Bertz CT molecular complexity index is 1050. The van der Waals surface area contributed by atoms with Crippen molar-refractivity contribution in [2.24, 2.45) is 5.10 Å². The molecule has 1 amide bonds. The average molecular weight is 427 g/mol. The van der Waals surface area contributed by atoms with Gasteiger partial charge in [-0.05, 0) is 40.1 Å². The van der Waals surface area contributed by atoms with Gasteiger partial charge >= 0.3 is 0 Å². The van der Waals surface area contributed by atoms with Gasteiger partial charge in [-0.2, -0.15) is 9.78 Å². The number of anilines is 1. The molecule has 162 valence electrons. The maximum absolute atomic E-state index is 13.0. The number of amides is 1. The third-order valence-corrected chi connectivity index (χ3v) is 4.62. The van der Waals surface area contributed by atoms with E-state index in [2.05, 4.69) is 40.7 Å². The van der Waals surface area contributed by atoms with Gasteiger partial charge in [-0.25, -0.2) is 10.1 Å². The molecule has 0 radical (unpaired) electrons. The van der Waals surface area contributed by atoms with Crippen molar-refractivity contribution in [1.82, 2.24) is 35.6 Å². The Kier molecular flexibility index (Phi) is 6.14. The predicted octanol–water partition coefficient (Wildman–Crippen LogP) is -0.163. The molecular formula is C18H21N9O4. The van der Waals surface area contributed by atoms with Crippen molar-refractivity contribution in [3.63, 3.8) is 0 Å². The third-order valence-electron chi connectivity index (χ3n) is 4.62. The molecule has 1 aliphatic heterocycles. The van der Waals surface area contributed by atoms with Gasteiger partial charge < -0.3 is 15.2 Å². The fraction of sp³-hybridized carbons (Fsp3) is 0.333. The topological polar surface area (TPSA) is 159 Å². The molecular weight excluding hydrogens is 406 g/mol. The van der Waals surface area contributed by atoms with Crippen molar-refractivity contribution in [3.8, 4) is 11.6 Å². The highest BCUT2D eigenvalue weighted by atomic mass is 16.6. The number of carbonyl (C=O) groups excluding carboxylic acids is 1. The first-order valence-corrected chi connectivity index (χ1v) is 9.46. The molecule has 4 rings (SSSR count). The van der Waals surface area contributed by atoms with E-state index >= 15 is 0 Å². The number of benzene rings is 1. The van der Waals surface area contributed by atoms with E-state index in [0.717, 1.165) is 24.4 Å². The summed E-state index contributed by atoms with van der Waals surface area (Å²) in [4.78, 5) is 15.1. The number of nitrogens with one attached hydrogen (secondary N) is 1. The van der Waals surface area contributed by atoms with Crippen LogP contribution in [0.2, 0.25) is 0 Å². The van der Waals surface area contributed by atoms with E-state index < -0.39 is 5.91 Å². The van der Waals surface area contributed by atoms with Crippen LogP contribution in [-0.4, -0.2) is 75.7 Å². The monoisotopic (exact) mass is 427 g/mol. The van der Waals surface area contributed by atoms with Crippen molar-refractivity contribution in [3.05, 3.63) is 41.2 Å². The van der Waals surface area contributed by atoms with Crippen LogP contribution >= 0.6 is 0 Å². The van der Waals surface area contributed by atoms with E-state index in [-0.39, 0.29) is 17.3 Å². The first kappa shape index (κ1) is 20.4. The second-order valence-corrected chi connectivity index (χ2v) is 6.63. The number of hydrazone groups is 1. The van der Waals surface area contributed by atoms with Crippen LogP contribution in [0.15, 0.2) is 34.0 Å². The van der Waals surface area contributed by atoms with Gasteiger partial charge in [0.15, 0.2) is 5.69 Å². The number of rotatable bonds is 7. The molecule has 2 aromatic heterocycles. The molecule has 1 saturated heterocycles. The summed E-state index contributed by atoms with van der Waals surface area (Å²) in [5, 5.41) is 19.5. The minimum atomic E-state index is -0.527. The molecule has 3 N–H and O–H groups in total. The first-order valence-electron chi connectivity index (χ1n) is 9.46. The summed E-state index contributed by atoms with van der Waals surface area (Å²) < 4.78 is 16.3. The molecule has 0 spiro atoms. The molecule has 1 fully saturated rings. The number of hydrogen-bond acceptors (Lipinski definition) is 11. The number of hydrogen-bond donors (Lipinski definition) is 2. The van der Waals surface area contributed by atoms with Gasteiger partial charge in [0, 0.05) is 19.6 Å². The Labute approximate surface area is 176 Å². The van der Waals surface area contributed by atoms with Crippen LogP contribution in [0.1, 0.15) is 21.7 Å². The van der Waals surface area contributed by atoms with Gasteiger partial charge in [0.2, 0.25) is 11.6 Å². The summed E-state index contributed by atoms with van der Waals surface area (Å²) in [6, 6.07) is 7.21. The number of aromatic nitrogens is 5. The molecule has 0 aliphatic carbocycles. The molecule has 3 aromatic rings. The molecule has 31 heavy (non-hydrogen) atoms. The Morgan fingerprint density at radius 2 is 2.06 bits per heavy atom. The minimum Gasteiger partial charge on any atom is -0.497 e. The molecule has 1 aromatic carbocycles. The van der Waals surface area contributed by atoms with Crippen LogP contribution in [-0.2, 0) is 11.3 Å². The van der Waals surface area contributed by atoms with Gasteiger partial charge in [-0.15, -0.1) is 5.10 Å². The van der Waals surface area contributed by atoms with Crippen LogP contribution in [0, 0.1) is 0 Å². The highest BCUT2D eigenvalue weighted by Crippen LogP contribution is 2.17. The lowest BCUT2D eigenvalue weighted by molar-refractivity contribution is 0.0335. The molecule has 13 nitrogen and oxygen atoms in total. The quantitative estimate of drug-likeness (QED) is 0.383. The Morgan fingerprint density at radius 3 is 2.74 bits per heavy atom. The van der Waals surface area contributed by atoms with E-state index in [9.17, 15) is 4.79 Å². The molecule has 0 unspecified atom stereocenters. The van der Waals surface area contributed by atoms with Gasteiger partial charge in [0.25, 0.3) is 5.91 Å². The van der Waals surface area contributed by atoms with E-state index in [1.165, 1.54) is 10.9 Å². The fourth-order valence-corrected chi connectivity index (χ4v) is 3.01. The second-order valence-electron chi connectivity index (χ2n) is 6.63. The SMILES string of the molecule is COc1ccc(/C=N/NC(=O)c2c(CN3CCOCC3)nnn2-c2nonc2N)cc1. The highest BCUT2D eigenvalue weighted by molar-refractivity contribution is 5.95. The molecule has 0 saturated carbocycles. The Balaban J connectivity index is 1.56. The number of nitrogen functional groups attached to an aromatic ring is 1. The van der Waals surface area contributed by atoms with Crippen LogP contribution in [0.3, 0.4) is 0 Å². The normalized spacial score (nSPS) is 14.7. The van der Waals surface area contributed by atoms with Gasteiger partial charge in [0.05, 0.1) is 26.5 Å². The van der Waals surface area contributed by atoms with Crippen molar-refractivity contribution in [2.45, 2.75) is 6.54 Å². The van der Waals surface area contributed by atoms with Crippen LogP contribution < -0.4 is 15.9 Å². The van der Waals surface area contributed by atoms with Gasteiger partial charge in [0.1, 0.15) is 11.4 Å². The second kappa shape index (κ2) is 9.32. The summed E-state index contributed by atoms with van der Waals surface area (Å²) in [5.74, 6) is 0.256. The number of nitrogens with zero attached hydrogens (tertiary/aromatic N) is 7. The van der Waals surface area contributed by atoms with E-state index in [0.29, 0.717) is 25.5 Å². The maximum Gasteiger partial charge on any atom is 0.292 e. The summed E-state index contributed by atoms with van der Waals surface area (Å²) in [6.45, 7) is 3.07. The van der Waals surface area contributed by atoms with Crippen molar-refractivity contribution < 1.29 is 18.9 Å². The van der Waals surface area contributed by atoms with Gasteiger partial charge in [-0.1, -0.05) is 5.21 Å². The van der Waals surface area contributed by atoms with Crippen LogP contribution in [0.25, 0.3) is 5.82 Å². The van der Waals surface area contributed by atoms with Crippen LogP contribution in [0.5, 0.6) is 5.75 Å². The largest absolute Gasteiger partial charge is 0.497 e. The summed E-state index contributed by atoms with van der Waals surface area (Å²) in [5.41, 5.74) is 9.65. The van der Waals surface area contributed by atoms with Crippen molar-refractivity contribution in [2.75, 3.05) is 39.1 Å². The Morgan fingerprint density at radius 1 is 1.29 bits per heavy atom. The van der Waals surface area contributed by atoms with E-state index in [1.54, 1.807) is 19.2 Å². The maximum atomic E-state index is 13.0. The van der Waals surface area contributed by atoms with E-state index in [1.807, 2.05) is 12.1 Å². The summed E-state index contributed by atoms with van der Waals surface area (Å²) in [7, 11) is 1.59. The third kappa shape index (κ3) is 4.67. The summed E-state index contributed by atoms with van der Waals surface area (Å²) in [6.07, 6.45) is 1.51. The summed E-state index contributed by atoms with van der Waals surface area (Å²) >= 11 is 0. The zero-order valence-corrected chi connectivity index (χ0v) is 16.8. The molecule has 1 aliphatic rings. The number of methoxy groups -OCH3 is 1. The van der Waals surface area contributed by atoms with Gasteiger partial charge in [-0.3, -0.25) is 9.69 Å². The lowest BCUT2D eigenvalue weighted by atomic mass is 10.2.